The first-order valence-corrected chi connectivity index (χ1v) is 10.4. The van der Waals surface area contributed by atoms with Crippen LogP contribution in [-0.2, 0) is 10.2 Å². The van der Waals surface area contributed by atoms with Crippen LogP contribution < -0.4 is 0 Å². The Labute approximate surface area is 174 Å². The third-order valence-corrected chi connectivity index (χ3v) is 7.22. The van der Waals surface area contributed by atoms with Crippen LogP contribution in [0.25, 0.3) is 11.3 Å². The molecule has 2 atom stereocenters. The lowest BCUT2D eigenvalue weighted by Crippen LogP contribution is -2.61. The lowest BCUT2D eigenvalue weighted by Gasteiger charge is -2.47. The van der Waals surface area contributed by atoms with E-state index < -0.39 is 28.6 Å². The third-order valence-electron chi connectivity index (χ3n) is 7.22. The normalized spacial score (nSPS) is 25.2. The van der Waals surface area contributed by atoms with E-state index in [9.17, 15) is 18.0 Å². The van der Waals surface area contributed by atoms with Gasteiger partial charge in [-0.15, -0.1) is 5.10 Å². The van der Waals surface area contributed by atoms with Crippen molar-refractivity contribution in [3.63, 3.8) is 0 Å². The summed E-state index contributed by atoms with van der Waals surface area (Å²) in [4.78, 5) is 15.1. The van der Waals surface area contributed by atoms with Crippen LogP contribution in [0.3, 0.4) is 0 Å². The number of halogens is 3. The number of rotatable bonds is 4. The summed E-state index contributed by atoms with van der Waals surface area (Å²) in [5.41, 5.74) is -0.229. The molecule has 1 aliphatic heterocycles. The Morgan fingerprint density at radius 3 is 2.33 bits per heavy atom. The monoisotopic (exact) mass is 417 g/mol. The van der Waals surface area contributed by atoms with Crippen molar-refractivity contribution in [3.8, 4) is 11.3 Å². The fourth-order valence-electron chi connectivity index (χ4n) is 5.60. The van der Waals surface area contributed by atoms with Gasteiger partial charge in [0.1, 0.15) is 17.8 Å². The highest BCUT2D eigenvalue weighted by atomic mass is 19.1. The minimum atomic E-state index is -0.994. The molecule has 160 valence electrons. The molecular weight excluding hydrogens is 391 g/mol. The van der Waals surface area contributed by atoms with Gasteiger partial charge in [0.25, 0.3) is 0 Å². The molecule has 1 aromatic carbocycles. The first kappa shape index (κ1) is 20.8. The fourth-order valence-corrected chi connectivity index (χ4v) is 5.60. The summed E-state index contributed by atoms with van der Waals surface area (Å²) >= 11 is 0. The van der Waals surface area contributed by atoms with Gasteiger partial charge in [0.05, 0.1) is 35.5 Å². The van der Waals surface area contributed by atoms with Crippen LogP contribution in [-0.4, -0.2) is 40.3 Å². The van der Waals surface area contributed by atoms with Crippen molar-refractivity contribution in [2.75, 3.05) is 13.1 Å². The molecule has 7 heteroatoms. The summed E-state index contributed by atoms with van der Waals surface area (Å²) in [6, 6.07) is 5.36. The van der Waals surface area contributed by atoms with Gasteiger partial charge in [0.15, 0.2) is 0 Å². The van der Waals surface area contributed by atoms with Gasteiger partial charge in [-0.3, -0.25) is 4.79 Å². The van der Waals surface area contributed by atoms with Crippen molar-refractivity contribution in [1.29, 1.82) is 0 Å². The second kappa shape index (κ2) is 7.06. The van der Waals surface area contributed by atoms with Gasteiger partial charge in [-0.2, -0.15) is 5.10 Å². The molecule has 4 rings (SSSR count). The van der Waals surface area contributed by atoms with E-state index in [1.54, 1.807) is 11.0 Å². The van der Waals surface area contributed by atoms with E-state index in [1.165, 1.54) is 18.2 Å². The number of likely N-dealkylation sites (tertiary alicyclic amines) is 1. The highest BCUT2D eigenvalue weighted by Crippen LogP contribution is 2.61. The first-order chi connectivity index (χ1) is 14.2. The second-order valence-electron chi connectivity index (χ2n) is 8.88. The van der Waals surface area contributed by atoms with E-state index in [0.29, 0.717) is 12.1 Å². The molecule has 1 amide bonds. The van der Waals surface area contributed by atoms with Gasteiger partial charge < -0.3 is 4.90 Å². The van der Waals surface area contributed by atoms with Crippen molar-refractivity contribution in [3.05, 3.63) is 47.2 Å². The van der Waals surface area contributed by atoms with Crippen molar-refractivity contribution in [2.24, 2.45) is 5.41 Å². The largest absolute Gasteiger partial charge is 0.336 e. The number of hydrogen-bond donors (Lipinski definition) is 0. The molecule has 1 saturated heterocycles. The van der Waals surface area contributed by atoms with Gasteiger partial charge >= 0.3 is 0 Å². The maximum atomic E-state index is 14.4. The topological polar surface area (TPSA) is 46.1 Å². The maximum absolute atomic E-state index is 14.4. The number of alkyl halides is 1. The number of nitrogens with zero attached hydrogens (tertiary/aromatic N) is 3. The zero-order valence-electron chi connectivity index (χ0n) is 17.7. The number of carbonyl (C=O) groups is 1. The molecule has 0 spiro atoms. The molecule has 1 fully saturated rings. The minimum Gasteiger partial charge on any atom is -0.336 e. The van der Waals surface area contributed by atoms with Gasteiger partial charge in [0, 0.05) is 0 Å². The smallest absolute Gasteiger partial charge is 0.235 e. The van der Waals surface area contributed by atoms with Crippen LogP contribution in [0, 0.1) is 17.0 Å². The quantitative estimate of drug-likeness (QED) is 0.719. The molecule has 0 radical (unpaired) electrons. The Kier molecular flexibility index (Phi) is 4.90. The Hall–Kier alpha value is -2.44. The summed E-state index contributed by atoms with van der Waals surface area (Å²) in [5.74, 6) is -1.60. The summed E-state index contributed by atoms with van der Waals surface area (Å²) < 4.78 is 42.2. The Bertz CT molecular complexity index is 983. The maximum Gasteiger partial charge on any atom is 0.235 e. The zero-order valence-corrected chi connectivity index (χ0v) is 17.7. The first-order valence-electron chi connectivity index (χ1n) is 10.4. The number of hydrogen-bond acceptors (Lipinski definition) is 3. The fraction of sp³-hybridized carbons (Fsp3) is 0.522. The van der Waals surface area contributed by atoms with Gasteiger partial charge in [-0.25, -0.2) is 13.2 Å². The highest BCUT2D eigenvalue weighted by molar-refractivity contribution is 5.91. The van der Waals surface area contributed by atoms with Crippen molar-refractivity contribution >= 4 is 5.91 Å². The van der Waals surface area contributed by atoms with Crippen LogP contribution in [0.1, 0.15) is 57.7 Å². The lowest BCUT2D eigenvalue weighted by molar-refractivity contribution is -0.150. The van der Waals surface area contributed by atoms with Crippen LogP contribution in [0.2, 0.25) is 0 Å². The molecule has 1 aliphatic carbocycles. The summed E-state index contributed by atoms with van der Waals surface area (Å²) in [7, 11) is 0. The number of aromatic nitrogens is 2. The number of benzene rings is 1. The van der Waals surface area contributed by atoms with E-state index in [4.69, 9.17) is 0 Å². The molecule has 2 aliphatic rings. The average Bonchev–Trinajstić information content (AvgIpc) is 2.87. The van der Waals surface area contributed by atoms with Crippen molar-refractivity contribution in [2.45, 2.75) is 58.0 Å². The van der Waals surface area contributed by atoms with Gasteiger partial charge in [-0.05, 0) is 47.9 Å². The predicted octanol–water partition coefficient (Wildman–Crippen LogP) is 4.78. The summed E-state index contributed by atoms with van der Waals surface area (Å²) in [5, 5.41) is 8.54. The molecule has 1 unspecified atom stereocenters. The molecule has 1 aromatic heterocycles. The molecule has 0 N–H and O–H groups in total. The Balaban J connectivity index is 1.90. The summed E-state index contributed by atoms with van der Waals surface area (Å²) in [6.07, 6.45) is 0.218. The van der Waals surface area contributed by atoms with E-state index in [2.05, 4.69) is 10.2 Å². The highest BCUT2D eigenvalue weighted by Gasteiger charge is 2.63. The van der Waals surface area contributed by atoms with Crippen LogP contribution in [0.4, 0.5) is 13.2 Å². The van der Waals surface area contributed by atoms with E-state index in [1.807, 2.05) is 27.7 Å². The Morgan fingerprint density at radius 2 is 1.80 bits per heavy atom. The molecule has 2 aromatic rings. The predicted molar refractivity (Wildman–Crippen MR) is 108 cm³/mol. The van der Waals surface area contributed by atoms with E-state index in [0.717, 1.165) is 12.0 Å². The SMILES string of the molecule is CC[C@@H]1c2cc(-c3c(F)cccc3F)nnc2C(CC)(C(=O)N2CC(F)C2)C1(C)C. The lowest BCUT2D eigenvalue weighted by atomic mass is 9.60. The number of fused-ring (bicyclic) bond motifs is 1. The Morgan fingerprint density at radius 1 is 1.17 bits per heavy atom. The van der Waals surface area contributed by atoms with Crippen molar-refractivity contribution < 1.29 is 18.0 Å². The molecule has 2 heterocycles. The van der Waals surface area contributed by atoms with E-state index in [-0.39, 0.29) is 36.2 Å². The standard InChI is InChI=1S/C23H26F3N3O/c1-5-15-14-10-18(19-16(25)8-7-9-17(19)26)27-28-20(14)23(6-2,22(15,3)4)21(30)29-11-13(24)12-29/h7-10,13,15H,5-6,11-12H2,1-4H3/t15-,23?/m1/s1. The van der Waals surface area contributed by atoms with E-state index >= 15 is 0 Å². The third kappa shape index (κ3) is 2.63. The minimum absolute atomic E-state index is 0.0528. The van der Waals surface area contributed by atoms with Crippen LogP contribution in [0.15, 0.2) is 24.3 Å². The zero-order chi connectivity index (χ0) is 21.8. The average molecular weight is 417 g/mol. The second-order valence-corrected chi connectivity index (χ2v) is 8.88. The molecule has 30 heavy (non-hydrogen) atoms. The van der Waals surface area contributed by atoms with Crippen LogP contribution in [0.5, 0.6) is 0 Å². The number of carbonyl (C=O) groups excluding carboxylic acids is 1. The molecule has 4 nitrogen and oxygen atoms in total. The van der Waals surface area contributed by atoms with Crippen molar-refractivity contribution in [1.82, 2.24) is 15.1 Å². The number of amides is 1. The van der Waals surface area contributed by atoms with Crippen LogP contribution >= 0.6 is 0 Å². The summed E-state index contributed by atoms with van der Waals surface area (Å²) in [6.45, 7) is 8.20. The van der Waals surface area contributed by atoms with Gasteiger partial charge in [-0.1, -0.05) is 33.8 Å². The molecule has 0 bridgehead atoms. The molecule has 0 saturated carbocycles. The molecular formula is C23H26F3N3O. The van der Waals surface area contributed by atoms with Gasteiger partial charge in [0.2, 0.25) is 5.91 Å².